The highest BCUT2D eigenvalue weighted by Gasteiger charge is 2.26. The van der Waals surface area contributed by atoms with Gasteiger partial charge in [-0.3, -0.25) is 14.1 Å². The second kappa shape index (κ2) is 9.17. The predicted molar refractivity (Wildman–Crippen MR) is 117 cm³/mol. The largest absolute Gasteiger partial charge is 0.369 e. The normalized spacial score (nSPS) is 19.0. The number of aromatic nitrogens is 1. The first-order valence-electron chi connectivity index (χ1n) is 9.71. The van der Waals surface area contributed by atoms with Gasteiger partial charge in [-0.15, -0.1) is 0 Å². The fourth-order valence-electron chi connectivity index (χ4n) is 3.16. The molecule has 29 heavy (non-hydrogen) atoms. The number of nitrogens with one attached hydrogen (secondary N) is 1. The summed E-state index contributed by atoms with van der Waals surface area (Å²) in [4.78, 5) is 21.3. The Labute approximate surface area is 174 Å². The number of nitrogens with two attached hydrogens (primary N) is 1. The number of aryl methyl sites for hydroxylation is 2. The maximum Gasteiger partial charge on any atom is 0.274 e. The summed E-state index contributed by atoms with van der Waals surface area (Å²) in [6, 6.07) is 9.07. The summed E-state index contributed by atoms with van der Waals surface area (Å²) in [7, 11) is 0.446. The van der Waals surface area contributed by atoms with Crippen LogP contribution in [0.25, 0.3) is 0 Å². The molecule has 154 valence electrons. The third-order valence-corrected chi connectivity index (χ3v) is 6.32. The van der Waals surface area contributed by atoms with Gasteiger partial charge in [0.25, 0.3) is 5.91 Å². The molecule has 1 aliphatic heterocycles. The van der Waals surface area contributed by atoms with Crippen LogP contribution in [0.4, 0.5) is 5.69 Å². The number of amides is 1. The van der Waals surface area contributed by atoms with Crippen molar-refractivity contribution in [3.8, 4) is 0 Å². The number of nitrogens with zero attached hydrogens (tertiary/aromatic N) is 3. The van der Waals surface area contributed by atoms with E-state index in [0.717, 1.165) is 36.0 Å². The first kappa shape index (κ1) is 21.0. The van der Waals surface area contributed by atoms with Gasteiger partial charge >= 0.3 is 0 Å². The fourth-order valence-corrected chi connectivity index (χ4v) is 4.17. The summed E-state index contributed by atoms with van der Waals surface area (Å²) in [6.07, 6.45) is 4.68. The molecular weight excluding hydrogens is 386 g/mol. The van der Waals surface area contributed by atoms with Crippen LogP contribution < -0.4 is 11.1 Å². The van der Waals surface area contributed by atoms with E-state index < -0.39 is 11.0 Å². The maximum absolute atomic E-state index is 12.5. The van der Waals surface area contributed by atoms with Gasteiger partial charge in [-0.1, -0.05) is 25.5 Å². The molecule has 1 aromatic heterocycles. The van der Waals surface area contributed by atoms with Crippen molar-refractivity contribution >= 4 is 28.5 Å². The van der Waals surface area contributed by atoms with Crippen LogP contribution in [0.3, 0.4) is 0 Å². The number of pyridine rings is 1. The second-order valence-electron chi connectivity index (χ2n) is 7.18. The number of rotatable bonds is 6. The number of guanidine groups is 1. The van der Waals surface area contributed by atoms with Crippen LogP contribution in [0.15, 0.2) is 41.5 Å². The van der Waals surface area contributed by atoms with Crippen LogP contribution >= 0.6 is 0 Å². The number of hydrogen-bond acceptors (Lipinski definition) is 5. The molecule has 2 atom stereocenters. The van der Waals surface area contributed by atoms with Crippen LogP contribution in [0.2, 0.25) is 0 Å². The van der Waals surface area contributed by atoms with Gasteiger partial charge in [0.05, 0.1) is 11.8 Å². The standard InChI is InChI=1S/C21H27N5O2S/c1-4-5-6-15-8-9-16(24-20(27)18-10-7-14(2)12-23-18)11-17(15)19-13-29(28)26(3)21(22)25-19/h7-12,19H,4-6,13H2,1-3H3,(H2,22,25)(H,24,27). The number of unbranched alkanes of at least 4 members (excludes halogenated alkanes) is 1. The summed E-state index contributed by atoms with van der Waals surface area (Å²) < 4.78 is 13.9. The Morgan fingerprint density at radius 2 is 2.14 bits per heavy atom. The summed E-state index contributed by atoms with van der Waals surface area (Å²) in [5.41, 5.74) is 10.1. The van der Waals surface area contributed by atoms with E-state index in [1.165, 1.54) is 4.31 Å². The SMILES string of the molecule is CCCCc1ccc(NC(=O)c2ccc(C)cn2)cc1C1CS(=O)N(C)C(N)=N1. The molecule has 0 bridgehead atoms. The van der Waals surface area contributed by atoms with Crippen molar-refractivity contribution in [1.82, 2.24) is 9.29 Å². The third kappa shape index (κ3) is 5.00. The fraction of sp³-hybridized carbons (Fsp3) is 0.381. The highest BCUT2D eigenvalue weighted by atomic mass is 32.2. The van der Waals surface area contributed by atoms with Crippen molar-refractivity contribution in [3.05, 3.63) is 58.9 Å². The lowest BCUT2D eigenvalue weighted by atomic mass is 9.96. The third-order valence-electron chi connectivity index (χ3n) is 4.92. The molecule has 1 aromatic carbocycles. The Bertz CT molecular complexity index is 943. The van der Waals surface area contributed by atoms with Crippen LogP contribution in [0, 0.1) is 6.92 Å². The molecule has 0 aliphatic carbocycles. The molecule has 0 spiro atoms. The van der Waals surface area contributed by atoms with E-state index in [1.807, 2.05) is 31.2 Å². The lowest BCUT2D eigenvalue weighted by Gasteiger charge is -2.27. The molecule has 2 heterocycles. The number of carbonyl (C=O) groups is 1. The van der Waals surface area contributed by atoms with Crippen LogP contribution in [-0.4, -0.2) is 38.2 Å². The van der Waals surface area contributed by atoms with Crippen LogP contribution in [-0.2, 0) is 17.4 Å². The Morgan fingerprint density at radius 3 is 2.79 bits per heavy atom. The average molecular weight is 414 g/mol. The van der Waals surface area contributed by atoms with Crippen LogP contribution in [0.5, 0.6) is 0 Å². The average Bonchev–Trinajstić information content (AvgIpc) is 2.71. The predicted octanol–water partition coefficient (Wildman–Crippen LogP) is 2.95. The molecule has 8 heteroatoms. The summed E-state index contributed by atoms with van der Waals surface area (Å²) in [6.45, 7) is 4.07. The van der Waals surface area contributed by atoms with E-state index in [-0.39, 0.29) is 17.9 Å². The van der Waals surface area contributed by atoms with Crippen LogP contribution in [0.1, 0.15) is 53.0 Å². The molecule has 1 aliphatic rings. The first-order valence-corrected chi connectivity index (χ1v) is 11.0. The molecule has 0 fully saturated rings. The smallest absolute Gasteiger partial charge is 0.274 e. The van der Waals surface area contributed by atoms with Crippen molar-refractivity contribution in [2.75, 3.05) is 18.1 Å². The molecule has 3 N–H and O–H groups in total. The molecule has 2 aromatic rings. The van der Waals surface area contributed by atoms with Crippen molar-refractivity contribution < 1.29 is 9.00 Å². The molecule has 7 nitrogen and oxygen atoms in total. The summed E-state index contributed by atoms with van der Waals surface area (Å²) >= 11 is 0. The number of hydrogen-bond donors (Lipinski definition) is 2. The minimum absolute atomic E-state index is 0.263. The topological polar surface area (TPSA) is 101 Å². The Hall–Kier alpha value is -2.74. The van der Waals surface area contributed by atoms with Gasteiger partial charge in [-0.2, -0.15) is 0 Å². The number of benzene rings is 1. The van der Waals surface area contributed by atoms with Gasteiger partial charge in [-0.05, 0) is 54.7 Å². The number of carbonyl (C=O) groups excluding carboxylic acids is 1. The lowest BCUT2D eigenvalue weighted by Crippen LogP contribution is -2.41. The molecule has 1 amide bonds. The zero-order valence-electron chi connectivity index (χ0n) is 17.0. The summed E-state index contributed by atoms with van der Waals surface area (Å²) in [5, 5.41) is 2.90. The van der Waals surface area contributed by atoms with Crippen molar-refractivity contribution in [2.24, 2.45) is 10.7 Å². The molecule has 0 saturated carbocycles. The molecule has 2 unspecified atom stereocenters. The first-order chi connectivity index (χ1) is 13.9. The van der Waals surface area contributed by atoms with E-state index >= 15 is 0 Å². The van der Waals surface area contributed by atoms with Crippen molar-refractivity contribution in [2.45, 2.75) is 39.2 Å². The van der Waals surface area contributed by atoms with Gasteiger partial charge in [0.15, 0.2) is 0 Å². The molecule has 0 saturated heterocycles. The van der Waals surface area contributed by atoms with Gasteiger partial charge in [0.2, 0.25) is 5.96 Å². The lowest BCUT2D eigenvalue weighted by molar-refractivity contribution is 0.102. The van der Waals surface area contributed by atoms with Crippen molar-refractivity contribution in [1.29, 1.82) is 0 Å². The van der Waals surface area contributed by atoms with E-state index in [0.29, 0.717) is 17.1 Å². The van der Waals surface area contributed by atoms with Crippen molar-refractivity contribution in [3.63, 3.8) is 0 Å². The zero-order valence-corrected chi connectivity index (χ0v) is 17.8. The van der Waals surface area contributed by atoms with E-state index in [4.69, 9.17) is 5.73 Å². The monoisotopic (exact) mass is 413 g/mol. The quantitative estimate of drug-likeness (QED) is 0.760. The van der Waals surface area contributed by atoms with E-state index in [9.17, 15) is 9.00 Å². The number of aliphatic imine (C=N–C) groups is 1. The minimum atomic E-state index is -1.23. The molecular formula is C21H27N5O2S. The second-order valence-corrected chi connectivity index (χ2v) is 8.70. The van der Waals surface area contributed by atoms with Gasteiger partial charge in [-0.25, -0.2) is 9.20 Å². The number of anilines is 1. The molecule has 3 rings (SSSR count). The van der Waals surface area contributed by atoms with Gasteiger partial charge < -0.3 is 11.1 Å². The van der Waals surface area contributed by atoms with E-state index in [1.54, 1.807) is 19.3 Å². The maximum atomic E-state index is 12.5. The van der Waals surface area contributed by atoms with E-state index in [2.05, 4.69) is 22.2 Å². The Morgan fingerprint density at radius 1 is 1.34 bits per heavy atom. The Kier molecular flexibility index (Phi) is 6.64. The Balaban J connectivity index is 1.90. The summed E-state index contributed by atoms with van der Waals surface area (Å²) in [5.74, 6) is 0.360. The zero-order chi connectivity index (χ0) is 21.0. The highest BCUT2D eigenvalue weighted by molar-refractivity contribution is 7.83. The molecule has 0 radical (unpaired) electrons. The van der Waals surface area contributed by atoms with Gasteiger partial charge in [0.1, 0.15) is 16.7 Å². The van der Waals surface area contributed by atoms with Gasteiger partial charge in [0, 0.05) is 18.9 Å². The minimum Gasteiger partial charge on any atom is -0.369 e. The highest BCUT2D eigenvalue weighted by Crippen LogP contribution is 2.30.